The van der Waals surface area contributed by atoms with Gasteiger partial charge < -0.3 is 26.2 Å². The van der Waals surface area contributed by atoms with Gasteiger partial charge in [-0.1, -0.05) is 6.58 Å². The summed E-state index contributed by atoms with van der Waals surface area (Å²) in [6, 6.07) is 0. The van der Waals surface area contributed by atoms with Crippen molar-refractivity contribution < 1.29 is 20.4 Å². The molecule has 0 fully saturated rings. The summed E-state index contributed by atoms with van der Waals surface area (Å²) in [6.07, 6.45) is -5.20. The Morgan fingerprint density at radius 3 is 1.70 bits per heavy atom. The van der Waals surface area contributed by atoms with Crippen LogP contribution in [0, 0.1) is 0 Å². The highest BCUT2D eigenvalue weighted by Crippen LogP contribution is 2.01. The normalized spacial score (nSPS) is 16.9. The summed E-state index contributed by atoms with van der Waals surface area (Å²) in [5, 5.41) is 34.0. The molecule has 0 aliphatic rings. The van der Waals surface area contributed by atoms with Crippen molar-refractivity contribution in [2.45, 2.75) is 18.5 Å². The molecular weight excluding hydrogens is 138 g/mol. The SMILES string of the molecule is C=C(N)C(O)C(O)C(O)O. The van der Waals surface area contributed by atoms with Crippen molar-refractivity contribution in [3.05, 3.63) is 12.3 Å². The Labute approximate surface area is 58.0 Å². The van der Waals surface area contributed by atoms with Crippen molar-refractivity contribution >= 4 is 0 Å². The van der Waals surface area contributed by atoms with E-state index in [1.54, 1.807) is 0 Å². The van der Waals surface area contributed by atoms with Gasteiger partial charge in [0.1, 0.15) is 12.2 Å². The number of hydrogen-bond acceptors (Lipinski definition) is 5. The lowest BCUT2D eigenvalue weighted by molar-refractivity contribution is -0.150. The second-order valence-electron chi connectivity index (χ2n) is 1.92. The second-order valence-corrected chi connectivity index (χ2v) is 1.92. The molecular formula is C5H11NO4. The minimum absolute atomic E-state index is 0.208. The van der Waals surface area contributed by atoms with E-state index in [1.807, 2.05) is 0 Å². The van der Waals surface area contributed by atoms with Gasteiger partial charge in [0.25, 0.3) is 0 Å². The molecule has 0 radical (unpaired) electrons. The largest absolute Gasteiger partial charge is 0.400 e. The lowest BCUT2D eigenvalue weighted by Gasteiger charge is -2.18. The van der Waals surface area contributed by atoms with E-state index in [2.05, 4.69) is 6.58 Å². The minimum Gasteiger partial charge on any atom is -0.400 e. The topological polar surface area (TPSA) is 107 Å². The van der Waals surface area contributed by atoms with Crippen molar-refractivity contribution in [2.24, 2.45) is 5.73 Å². The van der Waals surface area contributed by atoms with E-state index in [-0.39, 0.29) is 5.70 Å². The van der Waals surface area contributed by atoms with Gasteiger partial charge in [-0.05, 0) is 0 Å². The van der Waals surface area contributed by atoms with Gasteiger partial charge in [0.05, 0.1) is 0 Å². The van der Waals surface area contributed by atoms with Crippen LogP contribution in [0.25, 0.3) is 0 Å². The summed E-state index contributed by atoms with van der Waals surface area (Å²) in [5.41, 5.74) is 4.74. The summed E-state index contributed by atoms with van der Waals surface area (Å²) in [5.74, 6) is 0. The van der Waals surface area contributed by atoms with Gasteiger partial charge in [0, 0.05) is 5.70 Å². The molecule has 0 bridgehead atoms. The Morgan fingerprint density at radius 1 is 1.20 bits per heavy atom. The van der Waals surface area contributed by atoms with E-state index in [9.17, 15) is 0 Å². The van der Waals surface area contributed by atoms with Crippen LogP contribution in [-0.4, -0.2) is 38.9 Å². The highest BCUT2D eigenvalue weighted by atomic mass is 16.5. The monoisotopic (exact) mass is 149 g/mol. The predicted molar refractivity (Wildman–Crippen MR) is 33.6 cm³/mol. The molecule has 2 atom stereocenters. The summed E-state index contributed by atoms with van der Waals surface area (Å²) >= 11 is 0. The molecule has 5 nitrogen and oxygen atoms in total. The third kappa shape index (κ3) is 2.32. The Kier molecular flexibility index (Phi) is 3.31. The average molecular weight is 149 g/mol. The molecule has 10 heavy (non-hydrogen) atoms. The van der Waals surface area contributed by atoms with E-state index in [0.717, 1.165) is 0 Å². The quantitative estimate of drug-likeness (QED) is 0.285. The zero-order valence-electron chi connectivity index (χ0n) is 5.31. The Bertz CT molecular complexity index is 125. The fraction of sp³-hybridized carbons (Fsp3) is 0.600. The smallest absolute Gasteiger partial charge is 0.181 e. The van der Waals surface area contributed by atoms with Crippen molar-refractivity contribution in [1.29, 1.82) is 0 Å². The van der Waals surface area contributed by atoms with Gasteiger partial charge in [-0.2, -0.15) is 0 Å². The Hall–Kier alpha value is -0.620. The molecule has 0 saturated heterocycles. The maximum absolute atomic E-state index is 8.77. The molecule has 0 aliphatic carbocycles. The van der Waals surface area contributed by atoms with E-state index in [4.69, 9.17) is 26.2 Å². The number of aliphatic hydroxyl groups excluding tert-OH is 3. The van der Waals surface area contributed by atoms with Crippen LogP contribution in [0.5, 0.6) is 0 Å². The molecule has 0 saturated carbocycles. The molecule has 2 unspecified atom stereocenters. The standard InChI is InChI=1S/C5H11NO4/c1-2(6)3(7)4(8)5(9)10/h3-5,7-10H,1,6H2. The van der Waals surface area contributed by atoms with E-state index in [0.29, 0.717) is 0 Å². The van der Waals surface area contributed by atoms with Crippen LogP contribution < -0.4 is 5.73 Å². The van der Waals surface area contributed by atoms with Crippen LogP contribution in [0.1, 0.15) is 0 Å². The zero-order chi connectivity index (χ0) is 8.31. The van der Waals surface area contributed by atoms with Crippen LogP contribution in [0.2, 0.25) is 0 Å². The molecule has 60 valence electrons. The lowest BCUT2D eigenvalue weighted by Crippen LogP contribution is -2.39. The van der Waals surface area contributed by atoms with Crippen LogP contribution >= 0.6 is 0 Å². The highest BCUT2D eigenvalue weighted by molar-refractivity contribution is 4.98. The average Bonchev–Trinajstić information content (AvgIpc) is 1.84. The van der Waals surface area contributed by atoms with Crippen molar-refractivity contribution in [1.82, 2.24) is 0 Å². The first-order chi connectivity index (χ1) is 4.46. The van der Waals surface area contributed by atoms with Crippen molar-refractivity contribution in [2.75, 3.05) is 0 Å². The maximum Gasteiger partial charge on any atom is 0.181 e. The Morgan fingerprint density at radius 2 is 1.60 bits per heavy atom. The van der Waals surface area contributed by atoms with Gasteiger partial charge in [0.15, 0.2) is 6.29 Å². The molecule has 0 spiro atoms. The fourth-order valence-electron chi connectivity index (χ4n) is 0.382. The first-order valence-electron chi connectivity index (χ1n) is 2.63. The third-order valence-corrected chi connectivity index (χ3v) is 1.01. The minimum atomic E-state index is -2.00. The second kappa shape index (κ2) is 3.52. The molecule has 0 aromatic rings. The zero-order valence-corrected chi connectivity index (χ0v) is 5.31. The van der Waals surface area contributed by atoms with Gasteiger partial charge in [0.2, 0.25) is 0 Å². The molecule has 0 aromatic carbocycles. The van der Waals surface area contributed by atoms with Gasteiger partial charge in [-0.25, -0.2) is 0 Å². The van der Waals surface area contributed by atoms with Crippen molar-refractivity contribution in [3.63, 3.8) is 0 Å². The van der Waals surface area contributed by atoms with Crippen LogP contribution in [-0.2, 0) is 0 Å². The van der Waals surface area contributed by atoms with Crippen LogP contribution in [0.4, 0.5) is 0 Å². The molecule has 6 N–H and O–H groups in total. The third-order valence-electron chi connectivity index (χ3n) is 1.01. The first-order valence-corrected chi connectivity index (χ1v) is 2.63. The maximum atomic E-state index is 8.77. The predicted octanol–water partition coefficient (Wildman–Crippen LogP) is -2.51. The van der Waals surface area contributed by atoms with E-state index >= 15 is 0 Å². The molecule has 0 amide bonds. The van der Waals surface area contributed by atoms with Crippen LogP contribution in [0.3, 0.4) is 0 Å². The first kappa shape index (κ1) is 9.38. The summed E-state index contributed by atoms with van der Waals surface area (Å²) in [7, 11) is 0. The van der Waals surface area contributed by atoms with E-state index in [1.165, 1.54) is 0 Å². The fourth-order valence-corrected chi connectivity index (χ4v) is 0.382. The van der Waals surface area contributed by atoms with Gasteiger partial charge in [-0.15, -0.1) is 0 Å². The Balaban J connectivity index is 3.94. The molecule has 0 heterocycles. The van der Waals surface area contributed by atoms with Crippen LogP contribution in [0.15, 0.2) is 12.3 Å². The molecule has 5 heteroatoms. The summed E-state index contributed by atoms with van der Waals surface area (Å²) in [4.78, 5) is 0. The molecule has 0 aromatic heterocycles. The summed E-state index contributed by atoms with van der Waals surface area (Å²) < 4.78 is 0. The number of aliphatic hydroxyl groups is 4. The number of rotatable bonds is 3. The lowest BCUT2D eigenvalue weighted by atomic mass is 10.1. The van der Waals surface area contributed by atoms with Gasteiger partial charge >= 0.3 is 0 Å². The van der Waals surface area contributed by atoms with Crippen molar-refractivity contribution in [3.8, 4) is 0 Å². The highest BCUT2D eigenvalue weighted by Gasteiger charge is 2.23. The molecule has 0 rings (SSSR count). The van der Waals surface area contributed by atoms with Gasteiger partial charge in [-0.3, -0.25) is 0 Å². The summed E-state index contributed by atoms with van der Waals surface area (Å²) in [6.45, 7) is 3.10. The number of nitrogens with two attached hydrogens (primary N) is 1. The number of hydrogen-bond donors (Lipinski definition) is 5. The molecule has 0 aliphatic heterocycles. The van der Waals surface area contributed by atoms with E-state index < -0.39 is 18.5 Å².